The quantitative estimate of drug-likeness (QED) is 0.537. The average molecular weight is 377 g/mol. The number of fused-ring (bicyclic) bond motifs is 1. The van der Waals surface area contributed by atoms with E-state index in [-0.39, 0.29) is 4.90 Å². The zero-order valence-electron chi connectivity index (χ0n) is 14.6. The zero-order chi connectivity index (χ0) is 18.7. The van der Waals surface area contributed by atoms with Crippen LogP contribution in [0.3, 0.4) is 0 Å². The minimum atomic E-state index is -3.58. The topological polar surface area (TPSA) is 74.8 Å². The predicted molar refractivity (Wildman–Crippen MR) is 107 cm³/mol. The van der Waals surface area contributed by atoms with E-state index >= 15 is 0 Å². The van der Waals surface area contributed by atoms with Crippen LogP contribution in [-0.2, 0) is 16.4 Å². The normalized spacial score (nSPS) is 11.7. The highest BCUT2D eigenvalue weighted by molar-refractivity contribution is 7.89. The van der Waals surface area contributed by atoms with E-state index in [2.05, 4.69) is 14.7 Å². The summed E-state index contributed by atoms with van der Waals surface area (Å²) in [6.45, 7) is 0.350. The maximum atomic E-state index is 12.6. The molecule has 4 rings (SSSR count). The molecule has 5 nitrogen and oxygen atoms in total. The number of hydrogen-bond acceptors (Lipinski definition) is 3. The average Bonchev–Trinajstić information content (AvgIpc) is 3.13. The van der Waals surface area contributed by atoms with Crippen LogP contribution in [0.4, 0.5) is 0 Å². The Morgan fingerprint density at radius 2 is 1.59 bits per heavy atom. The molecular weight excluding hydrogens is 358 g/mol. The minimum absolute atomic E-state index is 0.228. The van der Waals surface area contributed by atoms with Gasteiger partial charge in [0.2, 0.25) is 10.0 Å². The Bertz CT molecular complexity index is 1150. The smallest absolute Gasteiger partial charge is 0.240 e. The number of rotatable bonds is 6. The van der Waals surface area contributed by atoms with Gasteiger partial charge in [-0.2, -0.15) is 0 Å². The SMILES string of the molecule is O=S(=O)(NCCc1ccccc1)c1ccc2nc(-c3ccccc3)[nH]c2c1. The van der Waals surface area contributed by atoms with Gasteiger partial charge in [-0.1, -0.05) is 60.7 Å². The molecule has 27 heavy (non-hydrogen) atoms. The lowest BCUT2D eigenvalue weighted by Crippen LogP contribution is -2.25. The molecule has 0 fully saturated rings. The van der Waals surface area contributed by atoms with E-state index in [0.29, 0.717) is 18.5 Å². The number of aromatic amines is 1. The van der Waals surface area contributed by atoms with Crippen molar-refractivity contribution < 1.29 is 8.42 Å². The Kier molecular flexibility index (Phi) is 4.75. The summed E-state index contributed by atoms with van der Waals surface area (Å²) in [6.07, 6.45) is 0.643. The number of nitrogens with one attached hydrogen (secondary N) is 2. The van der Waals surface area contributed by atoms with Crippen LogP contribution in [0.25, 0.3) is 22.4 Å². The molecule has 0 unspecified atom stereocenters. The Labute approximate surface area is 158 Å². The molecule has 1 heterocycles. The van der Waals surface area contributed by atoms with Crippen molar-refractivity contribution in [2.45, 2.75) is 11.3 Å². The maximum absolute atomic E-state index is 12.6. The van der Waals surface area contributed by atoms with Crippen molar-refractivity contribution in [1.82, 2.24) is 14.7 Å². The second-order valence-corrected chi connectivity index (χ2v) is 8.03. The number of imidazole rings is 1. The van der Waals surface area contributed by atoms with Gasteiger partial charge < -0.3 is 4.98 Å². The number of hydrogen-bond donors (Lipinski definition) is 2. The summed E-state index contributed by atoms with van der Waals surface area (Å²) in [5.74, 6) is 0.720. The molecule has 0 bridgehead atoms. The second kappa shape index (κ2) is 7.34. The van der Waals surface area contributed by atoms with Crippen LogP contribution in [-0.4, -0.2) is 24.9 Å². The van der Waals surface area contributed by atoms with Crippen molar-refractivity contribution in [3.8, 4) is 11.4 Å². The highest BCUT2D eigenvalue weighted by atomic mass is 32.2. The third-order valence-corrected chi connectivity index (χ3v) is 5.82. The first-order chi connectivity index (χ1) is 13.1. The summed E-state index contributed by atoms with van der Waals surface area (Å²) in [5.41, 5.74) is 3.48. The molecule has 0 atom stereocenters. The first-order valence-electron chi connectivity index (χ1n) is 8.71. The molecule has 136 valence electrons. The van der Waals surface area contributed by atoms with Crippen molar-refractivity contribution in [1.29, 1.82) is 0 Å². The van der Waals surface area contributed by atoms with Crippen LogP contribution in [0.15, 0.2) is 83.8 Å². The van der Waals surface area contributed by atoms with Crippen LogP contribution < -0.4 is 4.72 Å². The summed E-state index contributed by atoms with van der Waals surface area (Å²) in [4.78, 5) is 7.97. The minimum Gasteiger partial charge on any atom is -0.338 e. The lowest BCUT2D eigenvalue weighted by Gasteiger charge is -2.07. The van der Waals surface area contributed by atoms with E-state index in [1.54, 1.807) is 18.2 Å². The molecular formula is C21H19N3O2S. The number of sulfonamides is 1. The molecule has 0 radical (unpaired) electrons. The summed E-state index contributed by atoms with van der Waals surface area (Å²) >= 11 is 0. The Hall–Kier alpha value is -2.96. The maximum Gasteiger partial charge on any atom is 0.240 e. The van der Waals surface area contributed by atoms with Gasteiger partial charge in [-0.05, 0) is 30.2 Å². The monoisotopic (exact) mass is 377 g/mol. The lowest BCUT2D eigenvalue weighted by molar-refractivity contribution is 0.582. The molecule has 1 aromatic heterocycles. The van der Waals surface area contributed by atoms with Crippen LogP contribution in [0.1, 0.15) is 5.56 Å². The Morgan fingerprint density at radius 1 is 0.889 bits per heavy atom. The molecule has 0 aliphatic rings. The first-order valence-corrected chi connectivity index (χ1v) is 10.2. The van der Waals surface area contributed by atoms with E-state index in [9.17, 15) is 8.42 Å². The number of aromatic nitrogens is 2. The van der Waals surface area contributed by atoms with Crippen molar-refractivity contribution in [2.75, 3.05) is 6.54 Å². The summed E-state index contributed by atoms with van der Waals surface area (Å²) < 4.78 is 27.9. The summed E-state index contributed by atoms with van der Waals surface area (Å²) in [7, 11) is -3.58. The van der Waals surface area contributed by atoms with Gasteiger partial charge in [0.15, 0.2) is 0 Å². The van der Waals surface area contributed by atoms with Gasteiger partial charge in [-0.25, -0.2) is 18.1 Å². The van der Waals surface area contributed by atoms with E-state index in [1.807, 2.05) is 60.7 Å². The Morgan fingerprint density at radius 3 is 2.33 bits per heavy atom. The van der Waals surface area contributed by atoms with Crippen molar-refractivity contribution >= 4 is 21.1 Å². The van der Waals surface area contributed by atoms with Crippen molar-refractivity contribution in [3.05, 3.63) is 84.4 Å². The van der Waals surface area contributed by atoms with Crippen LogP contribution in [0.2, 0.25) is 0 Å². The molecule has 6 heteroatoms. The largest absolute Gasteiger partial charge is 0.338 e. The molecule has 4 aromatic rings. The van der Waals surface area contributed by atoms with Crippen molar-refractivity contribution in [2.24, 2.45) is 0 Å². The first kappa shape index (κ1) is 17.5. The highest BCUT2D eigenvalue weighted by Crippen LogP contribution is 2.22. The van der Waals surface area contributed by atoms with E-state index in [1.165, 1.54) is 0 Å². The van der Waals surface area contributed by atoms with Gasteiger partial charge in [0.1, 0.15) is 5.82 Å². The van der Waals surface area contributed by atoms with Gasteiger partial charge in [0.25, 0.3) is 0 Å². The Balaban J connectivity index is 1.54. The molecule has 0 saturated carbocycles. The second-order valence-electron chi connectivity index (χ2n) is 6.26. The summed E-state index contributed by atoms with van der Waals surface area (Å²) in [5, 5.41) is 0. The fraction of sp³-hybridized carbons (Fsp3) is 0.0952. The number of benzene rings is 3. The third kappa shape index (κ3) is 3.92. The van der Waals surface area contributed by atoms with E-state index < -0.39 is 10.0 Å². The molecule has 0 amide bonds. The third-order valence-electron chi connectivity index (χ3n) is 4.36. The molecule has 2 N–H and O–H groups in total. The highest BCUT2D eigenvalue weighted by Gasteiger charge is 2.15. The number of nitrogens with zero attached hydrogens (tertiary/aromatic N) is 1. The standard InChI is InChI=1S/C21H19N3O2S/c25-27(26,22-14-13-16-7-3-1-4-8-16)18-11-12-19-20(15-18)24-21(23-19)17-9-5-2-6-10-17/h1-12,15,22H,13-14H2,(H,23,24). The fourth-order valence-corrected chi connectivity index (χ4v) is 4.00. The van der Waals surface area contributed by atoms with Gasteiger partial charge in [-0.3, -0.25) is 0 Å². The van der Waals surface area contributed by atoms with E-state index in [4.69, 9.17) is 0 Å². The van der Waals surface area contributed by atoms with Gasteiger partial charge in [-0.15, -0.1) is 0 Å². The van der Waals surface area contributed by atoms with Crippen LogP contribution in [0.5, 0.6) is 0 Å². The van der Waals surface area contributed by atoms with Crippen molar-refractivity contribution in [3.63, 3.8) is 0 Å². The molecule has 0 saturated heterocycles. The molecule has 0 aliphatic heterocycles. The van der Waals surface area contributed by atoms with Gasteiger partial charge >= 0.3 is 0 Å². The lowest BCUT2D eigenvalue weighted by atomic mass is 10.2. The zero-order valence-corrected chi connectivity index (χ0v) is 15.4. The van der Waals surface area contributed by atoms with Gasteiger partial charge in [0.05, 0.1) is 15.9 Å². The predicted octanol–water partition coefficient (Wildman–Crippen LogP) is 3.75. The van der Waals surface area contributed by atoms with Crippen LogP contribution >= 0.6 is 0 Å². The molecule has 0 aliphatic carbocycles. The van der Waals surface area contributed by atoms with Gasteiger partial charge in [0, 0.05) is 12.1 Å². The van der Waals surface area contributed by atoms with Crippen LogP contribution in [0, 0.1) is 0 Å². The fourth-order valence-electron chi connectivity index (χ4n) is 2.95. The molecule has 3 aromatic carbocycles. The number of H-pyrrole nitrogens is 1. The van der Waals surface area contributed by atoms with E-state index in [0.717, 1.165) is 22.5 Å². The molecule has 0 spiro atoms. The summed E-state index contributed by atoms with van der Waals surface area (Å²) in [6, 6.07) is 24.5.